The Morgan fingerprint density at radius 3 is 2.52 bits per heavy atom. The maximum absolute atomic E-state index is 10.9. The van der Waals surface area contributed by atoms with Crippen LogP contribution in [0.25, 0.3) is 0 Å². The van der Waals surface area contributed by atoms with Gasteiger partial charge in [0.2, 0.25) is 0 Å². The summed E-state index contributed by atoms with van der Waals surface area (Å²) in [5.74, 6) is 5.29. The van der Waals surface area contributed by atoms with Crippen molar-refractivity contribution in [3.8, 4) is 6.07 Å². The average Bonchev–Trinajstić information content (AvgIpc) is 2.48. The molecule has 7 nitrogen and oxygen atoms in total. The molecule has 0 spiro atoms. The van der Waals surface area contributed by atoms with Crippen LogP contribution in [0.2, 0.25) is 5.02 Å². The number of nitrogen functional groups attached to an aromatic ring is 1. The fourth-order valence-corrected chi connectivity index (χ4v) is 1.94. The number of hydrogen-bond donors (Lipinski definition) is 3. The van der Waals surface area contributed by atoms with E-state index < -0.39 is 4.92 Å². The van der Waals surface area contributed by atoms with E-state index in [9.17, 15) is 10.1 Å². The van der Waals surface area contributed by atoms with E-state index in [-0.39, 0.29) is 5.69 Å². The standard InChI is InChI=1S/C13H10ClN5O2/c14-12-3-8(7-15)1-2-13(12)17-9-4-10(18-16)6-11(5-9)19(20)21/h1-6,17-18H,16H2. The lowest BCUT2D eigenvalue weighted by Gasteiger charge is -2.10. The van der Waals surface area contributed by atoms with E-state index in [1.807, 2.05) is 6.07 Å². The highest BCUT2D eigenvalue weighted by molar-refractivity contribution is 6.33. The number of nitro benzene ring substituents is 1. The first-order valence-electron chi connectivity index (χ1n) is 5.76. The average molecular weight is 304 g/mol. The Hall–Kier alpha value is -2.82. The molecule has 0 aliphatic carbocycles. The lowest BCUT2D eigenvalue weighted by Crippen LogP contribution is -2.07. The van der Waals surface area contributed by atoms with Crippen LogP contribution in [0.5, 0.6) is 0 Å². The van der Waals surface area contributed by atoms with Crippen molar-refractivity contribution < 1.29 is 4.92 Å². The van der Waals surface area contributed by atoms with Crippen LogP contribution >= 0.6 is 11.6 Å². The van der Waals surface area contributed by atoms with Crippen molar-refractivity contribution in [1.82, 2.24) is 0 Å². The molecule has 2 aromatic carbocycles. The van der Waals surface area contributed by atoms with Gasteiger partial charge in [0, 0.05) is 17.8 Å². The molecule has 0 aromatic heterocycles. The summed E-state index contributed by atoms with van der Waals surface area (Å²) in [5, 5.41) is 22.9. The lowest BCUT2D eigenvalue weighted by molar-refractivity contribution is -0.384. The zero-order valence-corrected chi connectivity index (χ0v) is 11.4. The third-order valence-corrected chi connectivity index (χ3v) is 2.99. The van der Waals surface area contributed by atoms with Crippen LogP contribution in [0.4, 0.5) is 22.7 Å². The van der Waals surface area contributed by atoms with E-state index in [0.29, 0.717) is 27.6 Å². The molecule has 0 bridgehead atoms. The topological polar surface area (TPSA) is 117 Å². The second kappa shape index (κ2) is 6.09. The summed E-state index contributed by atoms with van der Waals surface area (Å²) in [6, 6.07) is 11.0. The maximum Gasteiger partial charge on any atom is 0.273 e. The Morgan fingerprint density at radius 1 is 1.24 bits per heavy atom. The second-order valence-electron chi connectivity index (χ2n) is 4.10. The van der Waals surface area contributed by atoms with Gasteiger partial charge in [-0.05, 0) is 24.3 Å². The molecule has 8 heteroatoms. The third-order valence-electron chi connectivity index (χ3n) is 2.67. The van der Waals surface area contributed by atoms with Gasteiger partial charge in [-0.1, -0.05) is 11.6 Å². The van der Waals surface area contributed by atoms with Crippen LogP contribution in [-0.4, -0.2) is 4.92 Å². The van der Waals surface area contributed by atoms with Gasteiger partial charge in [0.15, 0.2) is 0 Å². The number of nitrogens with one attached hydrogen (secondary N) is 2. The van der Waals surface area contributed by atoms with Gasteiger partial charge in [-0.25, -0.2) is 0 Å². The summed E-state index contributed by atoms with van der Waals surface area (Å²) in [6.07, 6.45) is 0. The summed E-state index contributed by atoms with van der Waals surface area (Å²) in [7, 11) is 0. The van der Waals surface area contributed by atoms with Crippen molar-refractivity contribution in [3.05, 3.63) is 57.1 Å². The molecule has 0 radical (unpaired) electrons. The van der Waals surface area contributed by atoms with Gasteiger partial charge < -0.3 is 10.7 Å². The zero-order chi connectivity index (χ0) is 15.4. The Labute approximate surface area is 125 Å². The number of nitro groups is 1. The molecule has 0 fully saturated rings. The van der Waals surface area contributed by atoms with Crippen molar-refractivity contribution in [2.24, 2.45) is 5.84 Å². The third kappa shape index (κ3) is 3.39. The number of benzene rings is 2. The summed E-state index contributed by atoms with van der Waals surface area (Å²) in [5.41, 5.74) is 4.03. The smallest absolute Gasteiger partial charge is 0.273 e. The van der Waals surface area contributed by atoms with Crippen molar-refractivity contribution in [1.29, 1.82) is 5.26 Å². The minimum atomic E-state index is -0.521. The van der Waals surface area contributed by atoms with Crippen molar-refractivity contribution in [3.63, 3.8) is 0 Å². The van der Waals surface area contributed by atoms with Crippen molar-refractivity contribution >= 4 is 34.4 Å². The minimum absolute atomic E-state index is 0.113. The van der Waals surface area contributed by atoms with Crippen molar-refractivity contribution in [2.75, 3.05) is 10.7 Å². The monoisotopic (exact) mass is 303 g/mol. The Bertz CT molecular complexity index is 742. The molecular formula is C13H10ClN5O2. The van der Waals surface area contributed by atoms with Gasteiger partial charge in [-0.2, -0.15) is 5.26 Å². The number of nitrogens with zero attached hydrogens (tertiary/aromatic N) is 2. The van der Waals surface area contributed by atoms with Crippen LogP contribution in [0.15, 0.2) is 36.4 Å². The number of non-ortho nitro benzene ring substituents is 1. The largest absolute Gasteiger partial charge is 0.354 e. The molecule has 4 N–H and O–H groups in total. The van der Waals surface area contributed by atoms with Crippen LogP contribution in [-0.2, 0) is 0 Å². The summed E-state index contributed by atoms with van der Waals surface area (Å²) in [4.78, 5) is 10.3. The summed E-state index contributed by atoms with van der Waals surface area (Å²) < 4.78 is 0. The van der Waals surface area contributed by atoms with E-state index in [4.69, 9.17) is 22.7 Å². The number of anilines is 3. The molecule has 0 unspecified atom stereocenters. The SMILES string of the molecule is N#Cc1ccc(Nc2cc(NN)cc([N+](=O)[O-])c2)c(Cl)c1. The molecule has 0 heterocycles. The van der Waals surface area contributed by atoms with Gasteiger partial charge in [-0.3, -0.25) is 16.0 Å². The van der Waals surface area contributed by atoms with Crippen LogP contribution in [0.3, 0.4) is 0 Å². The van der Waals surface area contributed by atoms with Gasteiger partial charge in [-0.15, -0.1) is 0 Å². The minimum Gasteiger partial charge on any atom is -0.354 e. The first-order valence-corrected chi connectivity index (χ1v) is 6.14. The van der Waals surface area contributed by atoms with Crippen LogP contribution < -0.4 is 16.6 Å². The highest BCUT2D eigenvalue weighted by Gasteiger charge is 2.10. The lowest BCUT2D eigenvalue weighted by atomic mass is 10.2. The number of hydrazine groups is 1. The molecule has 21 heavy (non-hydrogen) atoms. The molecule has 0 amide bonds. The number of nitrogens with two attached hydrogens (primary N) is 1. The number of nitriles is 1. The number of hydrogen-bond acceptors (Lipinski definition) is 6. The summed E-state index contributed by atoms with van der Waals surface area (Å²) >= 11 is 6.05. The quantitative estimate of drug-likeness (QED) is 0.454. The molecule has 2 rings (SSSR count). The Kier molecular flexibility index (Phi) is 4.23. The van der Waals surface area contributed by atoms with E-state index in [1.54, 1.807) is 18.2 Å². The number of rotatable bonds is 4. The van der Waals surface area contributed by atoms with Gasteiger partial charge in [0.1, 0.15) is 0 Å². The molecule has 0 saturated heterocycles. The van der Waals surface area contributed by atoms with E-state index in [0.717, 1.165) is 0 Å². The van der Waals surface area contributed by atoms with Crippen molar-refractivity contribution in [2.45, 2.75) is 0 Å². The van der Waals surface area contributed by atoms with Gasteiger partial charge in [0.05, 0.1) is 33.0 Å². The Morgan fingerprint density at radius 2 is 1.95 bits per heavy atom. The highest BCUT2D eigenvalue weighted by Crippen LogP contribution is 2.30. The van der Waals surface area contributed by atoms with Crippen LogP contribution in [0.1, 0.15) is 5.56 Å². The second-order valence-corrected chi connectivity index (χ2v) is 4.51. The maximum atomic E-state index is 10.9. The molecular weight excluding hydrogens is 294 g/mol. The van der Waals surface area contributed by atoms with E-state index in [2.05, 4.69) is 10.7 Å². The predicted octanol–water partition coefficient (Wildman–Crippen LogP) is 3.15. The van der Waals surface area contributed by atoms with Gasteiger partial charge >= 0.3 is 0 Å². The van der Waals surface area contributed by atoms with E-state index in [1.165, 1.54) is 18.2 Å². The van der Waals surface area contributed by atoms with E-state index >= 15 is 0 Å². The highest BCUT2D eigenvalue weighted by atomic mass is 35.5. The fourth-order valence-electron chi connectivity index (χ4n) is 1.71. The molecule has 0 saturated carbocycles. The first-order chi connectivity index (χ1) is 10.0. The molecule has 0 aliphatic rings. The normalized spacial score (nSPS) is 9.76. The van der Waals surface area contributed by atoms with Gasteiger partial charge in [0.25, 0.3) is 5.69 Å². The predicted molar refractivity (Wildman–Crippen MR) is 80.4 cm³/mol. The fraction of sp³-hybridized carbons (Fsp3) is 0. The first kappa shape index (κ1) is 14.6. The zero-order valence-electron chi connectivity index (χ0n) is 10.6. The molecule has 0 aliphatic heterocycles. The molecule has 0 atom stereocenters. The Balaban J connectivity index is 2.37. The number of halogens is 1. The molecule has 106 valence electrons. The van der Waals surface area contributed by atoms with Crippen LogP contribution in [0, 0.1) is 21.4 Å². The summed E-state index contributed by atoms with van der Waals surface area (Å²) in [6.45, 7) is 0. The molecule has 2 aromatic rings.